The Bertz CT molecular complexity index is 562. The Labute approximate surface area is 125 Å². The number of nitrogens with one attached hydrogen (secondary N) is 1. The molecule has 1 atom stereocenters. The van der Waals surface area contributed by atoms with Gasteiger partial charge in [0.2, 0.25) is 0 Å². The fraction of sp³-hybridized carbons (Fsp3) is 0.471. The van der Waals surface area contributed by atoms with Crippen molar-refractivity contribution in [1.29, 1.82) is 0 Å². The minimum absolute atomic E-state index is 0.620. The lowest BCUT2D eigenvalue weighted by Gasteiger charge is -2.22. The molecule has 0 saturated carbocycles. The monoisotopic (exact) mass is 286 g/mol. The minimum Gasteiger partial charge on any atom is -0.311 e. The van der Waals surface area contributed by atoms with Gasteiger partial charge in [0.1, 0.15) is 0 Å². The van der Waals surface area contributed by atoms with Crippen LogP contribution in [0.5, 0.6) is 0 Å². The van der Waals surface area contributed by atoms with Gasteiger partial charge in [-0.2, -0.15) is 0 Å². The number of benzene rings is 1. The van der Waals surface area contributed by atoms with E-state index in [0.29, 0.717) is 5.92 Å². The third-order valence-corrected chi connectivity index (χ3v) is 5.05. The zero-order valence-corrected chi connectivity index (χ0v) is 12.9. The van der Waals surface area contributed by atoms with Gasteiger partial charge in [-0.3, -0.25) is 0 Å². The molecule has 1 aliphatic carbocycles. The predicted octanol–water partition coefficient (Wildman–Crippen LogP) is 3.92. The van der Waals surface area contributed by atoms with E-state index in [9.17, 15) is 0 Å². The van der Waals surface area contributed by atoms with Crippen LogP contribution in [-0.4, -0.2) is 11.5 Å². The van der Waals surface area contributed by atoms with Crippen LogP contribution in [-0.2, 0) is 19.4 Å². The standard InChI is InChI=1S/C17H22N2S/c1-2-9-18-11-16-12-20-17(19-16)15-8-7-13-5-3-4-6-14(13)10-15/h3-6,12,15,18H,2,7-11H2,1H3. The van der Waals surface area contributed by atoms with E-state index in [-0.39, 0.29) is 0 Å². The molecule has 1 aliphatic rings. The maximum atomic E-state index is 4.83. The molecular formula is C17H22N2S. The summed E-state index contributed by atoms with van der Waals surface area (Å²) in [5.41, 5.74) is 4.26. The van der Waals surface area contributed by atoms with Crippen molar-refractivity contribution in [2.24, 2.45) is 0 Å². The van der Waals surface area contributed by atoms with Crippen molar-refractivity contribution in [2.75, 3.05) is 6.54 Å². The molecule has 0 bridgehead atoms. The van der Waals surface area contributed by atoms with Gasteiger partial charge in [0, 0.05) is 17.8 Å². The molecular weight excluding hydrogens is 264 g/mol. The topological polar surface area (TPSA) is 24.9 Å². The third kappa shape index (κ3) is 3.10. The number of aryl methyl sites for hydroxylation is 1. The van der Waals surface area contributed by atoms with Crippen molar-refractivity contribution >= 4 is 11.3 Å². The van der Waals surface area contributed by atoms with Crippen LogP contribution in [0.1, 0.15) is 47.5 Å². The highest BCUT2D eigenvalue weighted by atomic mass is 32.1. The Morgan fingerprint density at radius 1 is 1.30 bits per heavy atom. The Hall–Kier alpha value is -1.19. The first-order valence-corrected chi connectivity index (χ1v) is 8.46. The van der Waals surface area contributed by atoms with Crippen LogP contribution in [0.3, 0.4) is 0 Å². The number of thiazole rings is 1. The summed E-state index contributed by atoms with van der Waals surface area (Å²) < 4.78 is 0. The highest BCUT2D eigenvalue weighted by Gasteiger charge is 2.22. The second kappa shape index (κ2) is 6.51. The zero-order chi connectivity index (χ0) is 13.8. The predicted molar refractivity (Wildman–Crippen MR) is 85.3 cm³/mol. The van der Waals surface area contributed by atoms with Crippen LogP contribution in [0.2, 0.25) is 0 Å². The Morgan fingerprint density at radius 3 is 3.00 bits per heavy atom. The molecule has 0 fully saturated rings. The molecule has 0 saturated heterocycles. The van der Waals surface area contributed by atoms with Gasteiger partial charge < -0.3 is 5.32 Å². The van der Waals surface area contributed by atoms with Crippen LogP contribution < -0.4 is 5.32 Å². The molecule has 1 unspecified atom stereocenters. The molecule has 0 spiro atoms. The maximum absolute atomic E-state index is 4.83. The summed E-state index contributed by atoms with van der Waals surface area (Å²) in [5.74, 6) is 0.620. The van der Waals surface area contributed by atoms with Crippen molar-refractivity contribution < 1.29 is 0 Å². The highest BCUT2D eigenvalue weighted by Crippen LogP contribution is 2.33. The number of hydrogen-bond acceptors (Lipinski definition) is 3. The maximum Gasteiger partial charge on any atom is 0.0963 e. The lowest BCUT2D eigenvalue weighted by Crippen LogP contribution is -2.15. The quantitative estimate of drug-likeness (QED) is 0.843. The summed E-state index contributed by atoms with van der Waals surface area (Å²) in [6, 6.07) is 8.86. The van der Waals surface area contributed by atoms with Crippen molar-refractivity contribution in [3.05, 3.63) is 51.5 Å². The molecule has 1 aromatic carbocycles. The highest BCUT2D eigenvalue weighted by molar-refractivity contribution is 7.09. The van der Waals surface area contributed by atoms with Gasteiger partial charge in [0.15, 0.2) is 0 Å². The Balaban J connectivity index is 1.66. The van der Waals surface area contributed by atoms with E-state index in [0.717, 1.165) is 19.5 Å². The molecule has 106 valence electrons. The van der Waals surface area contributed by atoms with E-state index in [1.807, 2.05) is 11.3 Å². The fourth-order valence-electron chi connectivity index (χ4n) is 2.89. The zero-order valence-electron chi connectivity index (χ0n) is 12.1. The van der Waals surface area contributed by atoms with Gasteiger partial charge in [-0.1, -0.05) is 31.2 Å². The molecule has 0 radical (unpaired) electrons. The van der Waals surface area contributed by atoms with Crippen LogP contribution in [0.25, 0.3) is 0 Å². The molecule has 20 heavy (non-hydrogen) atoms. The second-order valence-corrected chi connectivity index (χ2v) is 6.45. The average Bonchev–Trinajstić information content (AvgIpc) is 2.96. The summed E-state index contributed by atoms with van der Waals surface area (Å²) >= 11 is 1.84. The van der Waals surface area contributed by atoms with E-state index < -0.39 is 0 Å². The second-order valence-electron chi connectivity index (χ2n) is 5.56. The fourth-order valence-corrected chi connectivity index (χ4v) is 3.85. The van der Waals surface area contributed by atoms with Gasteiger partial charge in [0.05, 0.1) is 10.7 Å². The van der Waals surface area contributed by atoms with Gasteiger partial charge in [0.25, 0.3) is 0 Å². The lowest BCUT2D eigenvalue weighted by atomic mass is 9.84. The lowest BCUT2D eigenvalue weighted by molar-refractivity contribution is 0.578. The molecule has 3 rings (SSSR count). The Kier molecular flexibility index (Phi) is 4.48. The van der Waals surface area contributed by atoms with Crippen molar-refractivity contribution in [3.8, 4) is 0 Å². The summed E-state index contributed by atoms with van der Waals surface area (Å²) in [6.45, 7) is 4.18. The molecule has 1 aromatic heterocycles. The van der Waals surface area contributed by atoms with E-state index in [2.05, 4.69) is 41.9 Å². The molecule has 3 heteroatoms. The van der Waals surface area contributed by atoms with E-state index in [1.54, 1.807) is 0 Å². The van der Waals surface area contributed by atoms with E-state index in [4.69, 9.17) is 4.98 Å². The van der Waals surface area contributed by atoms with Crippen LogP contribution in [0.15, 0.2) is 29.6 Å². The molecule has 1 N–H and O–H groups in total. The first-order chi connectivity index (χ1) is 9.86. The van der Waals surface area contributed by atoms with Crippen molar-refractivity contribution in [1.82, 2.24) is 10.3 Å². The SMILES string of the molecule is CCCNCc1csc(C2CCc3ccccc3C2)n1. The Morgan fingerprint density at radius 2 is 2.15 bits per heavy atom. The molecule has 2 nitrogen and oxygen atoms in total. The van der Waals surface area contributed by atoms with E-state index in [1.165, 1.54) is 41.1 Å². The number of rotatable bonds is 5. The van der Waals surface area contributed by atoms with Crippen LogP contribution >= 0.6 is 11.3 Å². The van der Waals surface area contributed by atoms with E-state index >= 15 is 0 Å². The smallest absolute Gasteiger partial charge is 0.0963 e. The van der Waals surface area contributed by atoms with Crippen molar-refractivity contribution in [2.45, 2.75) is 45.1 Å². The normalized spacial score (nSPS) is 17.9. The van der Waals surface area contributed by atoms with Gasteiger partial charge in [-0.25, -0.2) is 4.98 Å². The largest absolute Gasteiger partial charge is 0.311 e. The van der Waals surface area contributed by atoms with Gasteiger partial charge in [-0.15, -0.1) is 11.3 Å². The first kappa shape index (κ1) is 13.8. The molecule has 0 aliphatic heterocycles. The first-order valence-electron chi connectivity index (χ1n) is 7.58. The summed E-state index contributed by atoms with van der Waals surface area (Å²) in [7, 11) is 0. The number of nitrogens with zero attached hydrogens (tertiary/aromatic N) is 1. The third-order valence-electron chi connectivity index (χ3n) is 4.00. The van der Waals surface area contributed by atoms with Crippen LogP contribution in [0.4, 0.5) is 0 Å². The number of hydrogen-bond donors (Lipinski definition) is 1. The molecule has 0 amide bonds. The summed E-state index contributed by atoms with van der Waals surface area (Å²) in [6.07, 6.45) is 4.78. The number of aromatic nitrogens is 1. The van der Waals surface area contributed by atoms with Crippen molar-refractivity contribution in [3.63, 3.8) is 0 Å². The summed E-state index contributed by atoms with van der Waals surface area (Å²) in [5, 5.41) is 6.97. The number of fused-ring (bicyclic) bond motifs is 1. The van der Waals surface area contributed by atoms with Gasteiger partial charge in [-0.05, 0) is 43.4 Å². The molecule has 1 heterocycles. The van der Waals surface area contributed by atoms with Gasteiger partial charge >= 0.3 is 0 Å². The minimum atomic E-state index is 0.620. The molecule has 2 aromatic rings. The average molecular weight is 286 g/mol. The van der Waals surface area contributed by atoms with Crippen LogP contribution in [0, 0.1) is 0 Å². The summed E-state index contributed by atoms with van der Waals surface area (Å²) in [4.78, 5) is 4.83.